The number of fused-ring (bicyclic) bond motifs is 2. The van der Waals surface area contributed by atoms with Gasteiger partial charge < -0.3 is 10.4 Å². The van der Waals surface area contributed by atoms with Crippen molar-refractivity contribution in [3.63, 3.8) is 0 Å². The second-order valence-corrected chi connectivity index (χ2v) is 9.39. The molecule has 8 heteroatoms. The lowest BCUT2D eigenvalue weighted by atomic mass is 9.98. The number of rotatable bonds is 6. The van der Waals surface area contributed by atoms with Gasteiger partial charge >= 0.3 is 5.97 Å². The van der Waals surface area contributed by atoms with Crippen LogP contribution in [0.2, 0.25) is 10.0 Å². The molecule has 1 saturated carbocycles. The topological polar surface area (TPSA) is 86.7 Å². The number of hydrogen-bond donors (Lipinski definition) is 2. The highest BCUT2D eigenvalue weighted by atomic mass is 35.5. The normalized spacial score (nSPS) is 16.3. The van der Waals surface area contributed by atoms with Gasteiger partial charge in [-0.05, 0) is 54.3 Å². The number of carbonyl (C=O) groups excluding carboxylic acids is 2. The Kier molecular flexibility index (Phi) is 5.58. The van der Waals surface area contributed by atoms with Crippen LogP contribution in [-0.2, 0) is 21.4 Å². The SMILES string of the molecule is O=C(NC(Cc1ccc(N2C(=O)C3(CC3)c3ccccc32)cc1)C(=O)O)c1c(Cl)cccc1Cl. The van der Waals surface area contributed by atoms with Gasteiger partial charge in [-0.1, -0.05) is 59.6 Å². The van der Waals surface area contributed by atoms with E-state index in [4.69, 9.17) is 23.2 Å². The summed E-state index contributed by atoms with van der Waals surface area (Å²) >= 11 is 12.1. The summed E-state index contributed by atoms with van der Waals surface area (Å²) in [6.45, 7) is 0. The van der Waals surface area contributed by atoms with Gasteiger partial charge in [-0.25, -0.2) is 4.79 Å². The number of amides is 2. The maximum Gasteiger partial charge on any atom is 0.326 e. The monoisotopic (exact) mass is 494 g/mol. The molecule has 34 heavy (non-hydrogen) atoms. The first-order valence-electron chi connectivity index (χ1n) is 10.8. The number of nitrogens with one attached hydrogen (secondary N) is 1. The summed E-state index contributed by atoms with van der Waals surface area (Å²) in [6, 6.07) is 18.4. The zero-order chi connectivity index (χ0) is 24.0. The average molecular weight is 495 g/mol. The van der Waals surface area contributed by atoms with Gasteiger partial charge in [-0.3, -0.25) is 14.5 Å². The lowest BCUT2D eigenvalue weighted by Crippen LogP contribution is -2.42. The van der Waals surface area contributed by atoms with Gasteiger partial charge in [0, 0.05) is 12.1 Å². The van der Waals surface area contributed by atoms with E-state index in [1.54, 1.807) is 35.2 Å². The number of nitrogens with zero attached hydrogens (tertiary/aromatic N) is 1. The first kappa shape index (κ1) is 22.4. The second-order valence-electron chi connectivity index (χ2n) is 8.57. The smallest absolute Gasteiger partial charge is 0.326 e. The zero-order valence-corrected chi connectivity index (χ0v) is 19.4. The van der Waals surface area contributed by atoms with Crippen LogP contribution in [0, 0.1) is 0 Å². The molecule has 1 fully saturated rings. The van der Waals surface area contributed by atoms with Crippen molar-refractivity contribution < 1.29 is 19.5 Å². The standard InChI is InChI=1S/C26H20Cl2N2O4/c27-18-5-3-6-19(28)22(18)23(31)29-20(24(32)33)14-15-8-10-16(11-9-15)30-21-7-2-1-4-17(21)26(12-13-26)25(30)34/h1-11,20H,12-14H2,(H,29,31)(H,32,33). The molecule has 2 amide bonds. The molecule has 172 valence electrons. The Bertz CT molecular complexity index is 1300. The molecule has 1 unspecified atom stereocenters. The van der Waals surface area contributed by atoms with Crippen molar-refractivity contribution in [3.05, 3.63) is 93.5 Å². The number of carboxylic acid groups (broad SMARTS) is 1. The molecule has 1 aliphatic heterocycles. The van der Waals surface area contributed by atoms with Crippen LogP contribution < -0.4 is 10.2 Å². The Hall–Kier alpha value is -3.35. The minimum absolute atomic E-state index is 0.0349. The molecular formula is C26H20Cl2N2O4. The molecule has 0 bridgehead atoms. The highest BCUT2D eigenvalue weighted by Gasteiger charge is 2.59. The third-order valence-electron chi connectivity index (χ3n) is 6.45. The van der Waals surface area contributed by atoms with Crippen LogP contribution >= 0.6 is 23.2 Å². The Morgan fingerprint density at radius 2 is 1.62 bits per heavy atom. The van der Waals surface area contributed by atoms with E-state index in [1.165, 1.54) is 12.1 Å². The van der Waals surface area contributed by atoms with Gasteiger partial charge in [-0.15, -0.1) is 0 Å². The Labute approximate surface area is 206 Å². The number of anilines is 2. The van der Waals surface area contributed by atoms with E-state index in [0.717, 1.165) is 29.8 Å². The third kappa shape index (κ3) is 3.73. The summed E-state index contributed by atoms with van der Waals surface area (Å²) in [4.78, 5) is 39.4. The van der Waals surface area contributed by atoms with Crippen LogP contribution in [0.4, 0.5) is 11.4 Å². The third-order valence-corrected chi connectivity index (χ3v) is 7.08. The van der Waals surface area contributed by atoms with Gasteiger partial charge in [0.15, 0.2) is 0 Å². The van der Waals surface area contributed by atoms with E-state index in [9.17, 15) is 19.5 Å². The number of para-hydroxylation sites is 1. The average Bonchev–Trinajstić information content (AvgIpc) is 3.57. The van der Waals surface area contributed by atoms with Gasteiger partial charge in [0.1, 0.15) is 6.04 Å². The highest BCUT2D eigenvalue weighted by molar-refractivity contribution is 6.39. The molecule has 0 saturated heterocycles. The molecule has 3 aromatic carbocycles. The molecule has 1 aliphatic carbocycles. The fourth-order valence-electron chi connectivity index (χ4n) is 4.54. The van der Waals surface area contributed by atoms with Crippen molar-refractivity contribution in [1.29, 1.82) is 0 Å². The minimum Gasteiger partial charge on any atom is -0.480 e. The Morgan fingerprint density at radius 1 is 0.971 bits per heavy atom. The van der Waals surface area contributed by atoms with E-state index in [-0.39, 0.29) is 27.9 Å². The van der Waals surface area contributed by atoms with Crippen molar-refractivity contribution >= 4 is 52.4 Å². The van der Waals surface area contributed by atoms with Gasteiger partial charge in [0.05, 0.1) is 26.7 Å². The molecule has 1 spiro atoms. The fourth-order valence-corrected chi connectivity index (χ4v) is 5.11. The van der Waals surface area contributed by atoms with Crippen molar-refractivity contribution in [2.24, 2.45) is 0 Å². The van der Waals surface area contributed by atoms with E-state index in [1.807, 2.05) is 24.3 Å². The second kappa shape index (κ2) is 8.46. The first-order valence-corrected chi connectivity index (χ1v) is 11.6. The summed E-state index contributed by atoms with van der Waals surface area (Å²) in [5.41, 5.74) is 3.02. The molecule has 2 N–H and O–H groups in total. The molecular weight excluding hydrogens is 475 g/mol. The number of carboxylic acids is 1. The van der Waals surface area contributed by atoms with Gasteiger partial charge in [0.25, 0.3) is 5.91 Å². The molecule has 3 aromatic rings. The van der Waals surface area contributed by atoms with Crippen molar-refractivity contribution in [1.82, 2.24) is 5.32 Å². The minimum atomic E-state index is -1.19. The largest absolute Gasteiger partial charge is 0.480 e. The Balaban J connectivity index is 1.35. The maximum absolute atomic E-state index is 13.2. The van der Waals surface area contributed by atoms with Crippen molar-refractivity contribution in [2.75, 3.05) is 4.90 Å². The van der Waals surface area contributed by atoms with E-state index in [2.05, 4.69) is 5.32 Å². The molecule has 1 heterocycles. The van der Waals surface area contributed by atoms with Crippen LogP contribution in [0.25, 0.3) is 0 Å². The van der Waals surface area contributed by atoms with E-state index < -0.39 is 23.3 Å². The van der Waals surface area contributed by atoms with Crippen LogP contribution in [0.15, 0.2) is 66.7 Å². The maximum atomic E-state index is 13.2. The van der Waals surface area contributed by atoms with Gasteiger partial charge in [0.2, 0.25) is 5.91 Å². The molecule has 6 nitrogen and oxygen atoms in total. The van der Waals surface area contributed by atoms with Crippen LogP contribution in [-0.4, -0.2) is 28.9 Å². The molecule has 2 aliphatic rings. The number of hydrogen-bond acceptors (Lipinski definition) is 3. The van der Waals surface area contributed by atoms with Crippen molar-refractivity contribution in [2.45, 2.75) is 30.7 Å². The molecule has 1 atom stereocenters. The predicted molar refractivity (Wildman–Crippen MR) is 130 cm³/mol. The van der Waals surface area contributed by atoms with Crippen LogP contribution in [0.3, 0.4) is 0 Å². The predicted octanol–water partition coefficient (Wildman–Crippen LogP) is 5.13. The summed E-state index contributed by atoms with van der Waals surface area (Å²) in [5, 5.41) is 12.5. The highest BCUT2D eigenvalue weighted by Crippen LogP contribution is 2.58. The lowest BCUT2D eigenvalue weighted by molar-refractivity contribution is -0.139. The molecule has 0 radical (unpaired) electrons. The zero-order valence-electron chi connectivity index (χ0n) is 17.9. The summed E-state index contributed by atoms with van der Waals surface area (Å²) < 4.78 is 0. The lowest BCUT2D eigenvalue weighted by Gasteiger charge is -2.19. The summed E-state index contributed by atoms with van der Waals surface area (Å²) in [5.74, 6) is -1.76. The number of halogens is 2. The summed E-state index contributed by atoms with van der Waals surface area (Å²) in [6.07, 6.45) is 1.76. The summed E-state index contributed by atoms with van der Waals surface area (Å²) in [7, 11) is 0. The molecule has 0 aromatic heterocycles. The Morgan fingerprint density at radius 3 is 2.24 bits per heavy atom. The first-order chi connectivity index (χ1) is 16.3. The molecule has 5 rings (SSSR count). The van der Waals surface area contributed by atoms with E-state index >= 15 is 0 Å². The van der Waals surface area contributed by atoms with Gasteiger partial charge in [-0.2, -0.15) is 0 Å². The van der Waals surface area contributed by atoms with E-state index in [0.29, 0.717) is 5.56 Å². The van der Waals surface area contributed by atoms with Crippen molar-refractivity contribution in [3.8, 4) is 0 Å². The number of benzene rings is 3. The number of aliphatic carboxylic acids is 1. The quantitative estimate of drug-likeness (QED) is 0.497. The van der Waals surface area contributed by atoms with Crippen LogP contribution in [0.1, 0.15) is 34.3 Å². The number of carbonyl (C=O) groups is 3. The van der Waals surface area contributed by atoms with Crippen LogP contribution in [0.5, 0.6) is 0 Å². The fraction of sp³-hybridized carbons (Fsp3) is 0.192.